The molecule has 23 heavy (non-hydrogen) atoms. The summed E-state index contributed by atoms with van der Waals surface area (Å²) >= 11 is 0. The van der Waals surface area contributed by atoms with Gasteiger partial charge in [-0.15, -0.1) is 0 Å². The Hall–Kier alpha value is -1.88. The van der Waals surface area contributed by atoms with Gasteiger partial charge in [0.25, 0.3) is 5.91 Å². The van der Waals surface area contributed by atoms with Crippen molar-refractivity contribution in [1.29, 1.82) is 0 Å². The molecule has 3 rings (SSSR count). The van der Waals surface area contributed by atoms with Crippen molar-refractivity contribution >= 4 is 11.8 Å². The van der Waals surface area contributed by atoms with Gasteiger partial charge < -0.3 is 15.5 Å². The van der Waals surface area contributed by atoms with Gasteiger partial charge in [0, 0.05) is 30.7 Å². The molecule has 0 saturated carbocycles. The highest BCUT2D eigenvalue weighted by Crippen LogP contribution is 2.37. The minimum atomic E-state index is -0.446. The molecule has 5 heteroatoms. The van der Waals surface area contributed by atoms with Crippen LogP contribution in [0.2, 0.25) is 0 Å². The smallest absolute Gasteiger partial charge is 0.253 e. The van der Waals surface area contributed by atoms with E-state index in [0.29, 0.717) is 0 Å². The third-order valence-electron chi connectivity index (χ3n) is 5.24. The minimum absolute atomic E-state index is 0.0491. The van der Waals surface area contributed by atoms with Crippen LogP contribution in [-0.4, -0.2) is 52.8 Å². The lowest BCUT2D eigenvalue weighted by atomic mass is 9.95. The number of amides is 2. The first-order valence-electron chi connectivity index (χ1n) is 8.39. The van der Waals surface area contributed by atoms with E-state index in [1.807, 2.05) is 47.2 Å². The second-order valence-corrected chi connectivity index (χ2v) is 6.83. The number of benzene rings is 1. The second-order valence-electron chi connectivity index (χ2n) is 6.83. The summed E-state index contributed by atoms with van der Waals surface area (Å²) < 4.78 is 0. The van der Waals surface area contributed by atoms with Gasteiger partial charge in [0.05, 0.1) is 6.04 Å². The van der Waals surface area contributed by atoms with Crippen molar-refractivity contribution in [3.63, 3.8) is 0 Å². The summed E-state index contributed by atoms with van der Waals surface area (Å²) in [5.41, 5.74) is 6.50. The van der Waals surface area contributed by atoms with Crippen LogP contribution >= 0.6 is 0 Å². The van der Waals surface area contributed by atoms with Gasteiger partial charge in [0.15, 0.2) is 0 Å². The number of nitrogens with two attached hydrogens (primary N) is 1. The number of rotatable bonds is 3. The van der Waals surface area contributed by atoms with Gasteiger partial charge in [0.2, 0.25) is 5.91 Å². The van der Waals surface area contributed by atoms with E-state index in [9.17, 15) is 9.59 Å². The van der Waals surface area contributed by atoms with Crippen LogP contribution in [0.15, 0.2) is 30.3 Å². The van der Waals surface area contributed by atoms with E-state index in [1.165, 1.54) is 0 Å². The van der Waals surface area contributed by atoms with Crippen LogP contribution < -0.4 is 5.73 Å². The van der Waals surface area contributed by atoms with Crippen molar-refractivity contribution in [2.75, 3.05) is 7.05 Å². The molecule has 2 saturated heterocycles. The van der Waals surface area contributed by atoms with Crippen molar-refractivity contribution in [3.8, 4) is 0 Å². The van der Waals surface area contributed by atoms with Gasteiger partial charge in [-0.05, 0) is 44.7 Å². The molecule has 0 spiro atoms. The fourth-order valence-electron chi connectivity index (χ4n) is 4.01. The summed E-state index contributed by atoms with van der Waals surface area (Å²) in [6.45, 7) is 1.75. The normalized spacial score (nSPS) is 27.6. The molecule has 2 bridgehead atoms. The molecule has 124 valence electrons. The predicted molar refractivity (Wildman–Crippen MR) is 88.9 cm³/mol. The third kappa shape index (κ3) is 2.98. The Morgan fingerprint density at radius 2 is 1.74 bits per heavy atom. The van der Waals surface area contributed by atoms with E-state index < -0.39 is 6.04 Å². The van der Waals surface area contributed by atoms with Crippen LogP contribution in [0.25, 0.3) is 0 Å². The molecular weight excluding hydrogens is 290 g/mol. The van der Waals surface area contributed by atoms with Crippen molar-refractivity contribution in [1.82, 2.24) is 9.80 Å². The predicted octanol–water partition coefficient (Wildman–Crippen LogP) is 1.63. The monoisotopic (exact) mass is 315 g/mol. The van der Waals surface area contributed by atoms with Gasteiger partial charge in [-0.25, -0.2) is 0 Å². The SMILES string of the molecule is CC(N)C(=O)N1C2CCC1CC(N(C)C(=O)c1ccccc1)C2. The van der Waals surface area contributed by atoms with E-state index >= 15 is 0 Å². The molecule has 5 nitrogen and oxygen atoms in total. The molecule has 0 aromatic heterocycles. The molecule has 2 amide bonds. The largest absolute Gasteiger partial charge is 0.339 e. The fraction of sp³-hybridized carbons (Fsp3) is 0.556. The quantitative estimate of drug-likeness (QED) is 0.922. The Morgan fingerprint density at radius 1 is 1.17 bits per heavy atom. The lowest BCUT2D eigenvalue weighted by molar-refractivity contribution is -0.137. The van der Waals surface area contributed by atoms with Crippen molar-refractivity contribution in [2.24, 2.45) is 5.73 Å². The van der Waals surface area contributed by atoms with E-state index in [1.54, 1.807) is 6.92 Å². The number of nitrogens with zero attached hydrogens (tertiary/aromatic N) is 2. The highest BCUT2D eigenvalue weighted by molar-refractivity contribution is 5.94. The van der Waals surface area contributed by atoms with Gasteiger partial charge in [-0.3, -0.25) is 9.59 Å². The van der Waals surface area contributed by atoms with Gasteiger partial charge >= 0.3 is 0 Å². The van der Waals surface area contributed by atoms with Gasteiger partial charge in [-0.2, -0.15) is 0 Å². The molecular formula is C18H25N3O2. The van der Waals surface area contributed by atoms with Crippen molar-refractivity contribution in [2.45, 2.75) is 56.8 Å². The highest BCUT2D eigenvalue weighted by atomic mass is 16.2. The molecule has 0 radical (unpaired) electrons. The Kier molecular flexibility index (Phi) is 4.39. The first-order valence-corrected chi connectivity index (χ1v) is 8.39. The first-order chi connectivity index (χ1) is 11.0. The Morgan fingerprint density at radius 3 is 2.26 bits per heavy atom. The second kappa shape index (κ2) is 6.32. The summed E-state index contributed by atoms with van der Waals surface area (Å²) in [5.74, 6) is 0.106. The zero-order valence-electron chi connectivity index (χ0n) is 13.8. The van der Waals surface area contributed by atoms with E-state index in [2.05, 4.69) is 0 Å². The van der Waals surface area contributed by atoms with E-state index in [0.717, 1.165) is 31.2 Å². The maximum absolute atomic E-state index is 12.6. The summed E-state index contributed by atoms with van der Waals surface area (Å²) in [6.07, 6.45) is 3.74. The lowest BCUT2D eigenvalue weighted by Crippen LogP contribution is -2.55. The van der Waals surface area contributed by atoms with Crippen LogP contribution in [0, 0.1) is 0 Å². The van der Waals surface area contributed by atoms with Crippen LogP contribution in [0.3, 0.4) is 0 Å². The molecule has 2 aliphatic heterocycles. The standard InChI is InChI=1S/C18H25N3O2/c1-12(19)17(22)21-14-8-9-15(21)11-16(10-14)20(2)18(23)13-6-4-3-5-7-13/h3-7,12,14-16H,8-11,19H2,1-2H3. The van der Waals surface area contributed by atoms with Crippen molar-refractivity contribution in [3.05, 3.63) is 35.9 Å². The zero-order valence-corrected chi connectivity index (χ0v) is 13.8. The molecule has 0 aliphatic carbocycles. The van der Waals surface area contributed by atoms with E-state index in [-0.39, 0.29) is 29.9 Å². The number of carbonyl (C=O) groups is 2. The van der Waals surface area contributed by atoms with Crippen LogP contribution in [0.1, 0.15) is 43.0 Å². The Bertz CT molecular complexity index is 573. The highest BCUT2D eigenvalue weighted by Gasteiger charge is 2.45. The zero-order chi connectivity index (χ0) is 16.6. The topological polar surface area (TPSA) is 66.6 Å². The maximum Gasteiger partial charge on any atom is 0.253 e. The van der Waals surface area contributed by atoms with Gasteiger partial charge in [-0.1, -0.05) is 18.2 Å². The lowest BCUT2D eigenvalue weighted by Gasteiger charge is -2.42. The number of hydrogen-bond acceptors (Lipinski definition) is 3. The molecule has 2 heterocycles. The molecule has 3 atom stereocenters. The maximum atomic E-state index is 12.6. The summed E-state index contributed by atoms with van der Waals surface area (Å²) in [4.78, 5) is 28.8. The number of fused-ring (bicyclic) bond motifs is 2. The minimum Gasteiger partial charge on any atom is -0.339 e. The third-order valence-corrected chi connectivity index (χ3v) is 5.24. The number of piperidine rings is 1. The Balaban J connectivity index is 1.70. The summed E-state index contributed by atoms with van der Waals surface area (Å²) in [5, 5.41) is 0. The van der Waals surface area contributed by atoms with Gasteiger partial charge in [0.1, 0.15) is 0 Å². The van der Waals surface area contributed by atoms with Crippen LogP contribution in [-0.2, 0) is 4.79 Å². The van der Waals surface area contributed by atoms with Crippen LogP contribution in [0.5, 0.6) is 0 Å². The summed E-state index contributed by atoms with van der Waals surface area (Å²) in [6, 6.07) is 9.57. The average molecular weight is 315 g/mol. The Labute approximate surface area is 137 Å². The average Bonchev–Trinajstić information content (AvgIpc) is 2.82. The number of hydrogen-bond donors (Lipinski definition) is 1. The molecule has 2 aliphatic rings. The van der Waals surface area contributed by atoms with Crippen LogP contribution in [0.4, 0.5) is 0 Å². The molecule has 2 N–H and O–H groups in total. The van der Waals surface area contributed by atoms with E-state index in [4.69, 9.17) is 5.73 Å². The first kappa shape index (κ1) is 16.0. The number of carbonyl (C=O) groups excluding carboxylic acids is 2. The van der Waals surface area contributed by atoms with Crippen molar-refractivity contribution < 1.29 is 9.59 Å². The summed E-state index contributed by atoms with van der Waals surface area (Å²) in [7, 11) is 1.88. The molecule has 1 aromatic rings. The fourth-order valence-corrected chi connectivity index (χ4v) is 4.01. The molecule has 2 fully saturated rings. The molecule has 3 unspecified atom stereocenters. The molecule has 1 aromatic carbocycles.